The number of carbonyl (C=O) groups excluding carboxylic acids is 2. The Kier molecular flexibility index (Phi) is 6.63. The zero-order valence-corrected chi connectivity index (χ0v) is 20.4. The first-order valence-corrected chi connectivity index (χ1v) is 12.3. The lowest BCUT2D eigenvalue weighted by Gasteiger charge is -2.36. The van der Waals surface area contributed by atoms with Crippen molar-refractivity contribution in [2.24, 2.45) is 0 Å². The molecule has 8 nitrogen and oxygen atoms in total. The molecular weight excluding hydrogens is 466 g/mol. The number of hydrogen-bond acceptors (Lipinski definition) is 5. The van der Waals surface area contributed by atoms with Crippen LogP contribution in [0.1, 0.15) is 33.5 Å². The summed E-state index contributed by atoms with van der Waals surface area (Å²) >= 11 is 6.28. The fraction of sp³-hybridized carbons (Fsp3) is 0.346. The van der Waals surface area contributed by atoms with Gasteiger partial charge in [0.15, 0.2) is 5.69 Å². The van der Waals surface area contributed by atoms with E-state index < -0.39 is 0 Å². The van der Waals surface area contributed by atoms with E-state index in [0.29, 0.717) is 68.8 Å². The Morgan fingerprint density at radius 1 is 1.00 bits per heavy atom. The van der Waals surface area contributed by atoms with Gasteiger partial charge in [-0.3, -0.25) is 14.3 Å². The lowest BCUT2D eigenvalue weighted by atomic mass is 10.2. The number of nitrogens with zero attached hydrogens (tertiary/aromatic N) is 5. The van der Waals surface area contributed by atoms with Gasteiger partial charge >= 0.3 is 0 Å². The van der Waals surface area contributed by atoms with Gasteiger partial charge in [0.05, 0.1) is 18.8 Å². The Labute approximate surface area is 209 Å². The van der Waals surface area contributed by atoms with Crippen LogP contribution in [0.15, 0.2) is 54.6 Å². The first-order chi connectivity index (χ1) is 17.0. The molecule has 5 rings (SSSR count). The zero-order valence-electron chi connectivity index (χ0n) is 19.7. The normalized spacial score (nSPS) is 15.8. The topological polar surface area (TPSA) is 70.9 Å². The van der Waals surface area contributed by atoms with Gasteiger partial charge in [0, 0.05) is 50.4 Å². The molecule has 0 spiro atoms. The molecule has 1 aromatic heterocycles. The van der Waals surface area contributed by atoms with Crippen LogP contribution in [0.3, 0.4) is 0 Å². The van der Waals surface area contributed by atoms with Crippen molar-refractivity contribution in [2.45, 2.75) is 20.0 Å². The summed E-state index contributed by atoms with van der Waals surface area (Å²) in [6, 6.07) is 17.1. The van der Waals surface area contributed by atoms with E-state index in [1.165, 1.54) is 0 Å². The number of hydrogen-bond donors (Lipinski definition) is 0. The number of fused-ring (bicyclic) bond motifs is 1. The standard InChI is InChI=1S/C26H28ClN5O3/c1-2-35-24-10-6-5-9-22(24)29-11-13-30(14-12-29)25(33)21-17-23-26(34)31(15-16-32(23)28-21)18-19-7-3-4-8-20(19)27/h3-10,17H,2,11-16,18H2,1H3. The van der Waals surface area contributed by atoms with Crippen LogP contribution >= 0.6 is 11.6 Å². The number of ether oxygens (including phenoxy) is 1. The Morgan fingerprint density at radius 2 is 1.74 bits per heavy atom. The molecule has 0 atom stereocenters. The SMILES string of the molecule is CCOc1ccccc1N1CCN(C(=O)c2cc3n(n2)CCN(Cc2ccccc2Cl)C3=O)CC1. The molecule has 0 N–H and O–H groups in total. The van der Waals surface area contributed by atoms with Crippen molar-refractivity contribution in [1.82, 2.24) is 19.6 Å². The fourth-order valence-electron chi connectivity index (χ4n) is 4.63. The van der Waals surface area contributed by atoms with E-state index in [2.05, 4.69) is 10.00 Å². The first-order valence-electron chi connectivity index (χ1n) is 11.9. The Hall–Kier alpha value is -3.52. The van der Waals surface area contributed by atoms with E-state index in [-0.39, 0.29) is 11.8 Å². The van der Waals surface area contributed by atoms with Crippen molar-refractivity contribution in [3.8, 4) is 5.75 Å². The lowest BCUT2D eigenvalue weighted by molar-refractivity contribution is 0.0680. The molecule has 182 valence electrons. The third-order valence-electron chi connectivity index (χ3n) is 6.48. The molecule has 1 fully saturated rings. The number of para-hydroxylation sites is 2. The number of carbonyl (C=O) groups is 2. The van der Waals surface area contributed by atoms with Crippen LogP contribution in [-0.2, 0) is 13.1 Å². The smallest absolute Gasteiger partial charge is 0.274 e. The van der Waals surface area contributed by atoms with Crippen LogP contribution in [-0.4, -0.2) is 70.7 Å². The summed E-state index contributed by atoms with van der Waals surface area (Å²) in [4.78, 5) is 32.1. The van der Waals surface area contributed by atoms with E-state index >= 15 is 0 Å². The Bertz CT molecular complexity index is 1240. The molecule has 2 aromatic carbocycles. The van der Waals surface area contributed by atoms with E-state index in [1.54, 1.807) is 20.5 Å². The van der Waals surface area contributed by atoms with Crippen molar-refractivity contribution in [3.63, 3.8) is 0 Å². The Balaban J connectivity index is 1.25. The number of amides is 2. The number of rotatable bonds is 6. The second-order valence-electron chi connectivity index (χ2n) is 8.64. The number of benzene rings is 2. The lowest BCUT2D eigenvalue weighted by Crippen LogP contribution is -2.49. The molecule has 3 heterocycles. The zero-order chi connectivity index (χ0) is 24.4. The molecule has 0 aliphatic carbocycles. The van der Waals surface area contributed by atoms with Gasteiger partial charge in [-0.15, -0.1) is 0 Å². The highest BCUT2D eigenvalue weighted by atomic mass is 35.5. The van der Waals surface area contributed by atoms with Crippen molar-refractivity contribution < 1.29 is 14.3 Å². The van der Waals surface area contributed by atoms with Gasteiger partial charge in [-0.2, -0.15) is 5.10 Å². The van der Waals surface area contributed by atoms with Crippen molar-refractivity contribution in [2.75, 3.05) is 44.2 Å². The number of anilines is 1. The van der Waals surface area contributed by atoms with Gasteiger partial charge < -0.3 is 19.4 Å². The Morgan fingerprint density at radius 3 is 2.51 bits per heavy atom. The largest absolute Gasteiger partial charge is 0.492 e. The first kappa shape index (κ1) is 23.2. The maximum atomic E-state index is 13.2. The van der Waals surface area contributed by atoms with Gasteiger partial charge in [0.1, 0.15) is 11.4 Å². The van der Waals surface area contributed by atoms with Crippen molar-refractivity contribution in [3.05, 3.63) is 76.6 Å². The van der Waals surface area contributed by atoms with E-state index in [1.807, 2.05) is 55.5 Å². The molecule has 2 amide bonds. The van der Waals surface area contributed by atoms with Crippen LogP contribution in [0.2, 0.25) is 5.02 Å². The van der Waals surface area contributed by atoms with Crippen LogP contribution in [0, 0.1) is 0 Å². The minimum atomic E-state index is -0.143. The highest BCUT2D eigenvalue weighted by Gasteiger charge is 2.31. The predicted molar refractivity (Wildman–Crippen MR) is 134 cm³/mol. The highest BCUT2D eigenvalue weighted by Crippen LogP contribution is 2.29. The van der Waals surface area contributed by atoms with Crippen molar-refractivity contribution >= 4 is 29.1 Å². The molecule has 9 heteroatoms. The quantitative estimate of drug-likeness (QED) is 0.525. The van der Waals surface area contributed by atoms with Gasteiger partial charge in [-0.1, -0.05) is 41.9 Å². The van der Waals surface area contributed by atoms with Gasteiger partial charge in [0.2, 0.25) is 0 Å². The number of piperazine rings is 1. The van der Waals surface area contributed by atoms with Crippen LogP contribution < -0.4 is 9.64 Å². The second-order valence-corrected chi connectivity index (χ2v) is 9.04. The molecule has 0 saturated carbocycles. The molecule has 2 aliphatic heterocycles. The monoisotopic (exact) mass is 493 g/mol. The summed E-state index contributed by atoms with van der Waals surface area (Å²) in [7, 11) is 0. The van der Waals surface area contributed by atoms with E-state index in [9.17, 15) is 9.59 Å². The molecule has 3 aromatic rings. The summed E-state index contributed by atoms with van der Waals surface area (Å²) in [5, 5.41) is 5.11. The molecule has 35 heavy (non-hydrogen) atoms. The van der Waals surface area contributed by atoms with Crippen LogP contribution in [0.5, 0.6) is 5.75 Å². The van der Waals surface area contributed by atoms with Gasteiger partial charge in [0.25, 0.3) is 11.8 Å². The summed E-state index contributed by atoms with van der Waals surface area (Å²) in [6.45, 7) is 6.63. The van der Waals surface area contributed by atoms with Crippen LogP contribution in [0.4, 0.5) is 5.69 Å². The second kappa shape index (κ2) is 10.00. The number of halogens is 1. The van der Waals surface area contributed by atoms with Crippen LogP contribution in [0.25, 0.3) is 0 Å². The van der Waals surface area contributed by atoms with Crippen molar-refractivity contribution in [1.29, 1.82) is 0 Å². The summed E-state index contributed by atoms with van der Waals surface area (Å²) < 4.78 is 7.41. The molecule has 2 aliphatic rings. The summed E-state index contributed by atoms with van der Waals surface area (Å²) in [5.41, 5.74) is 2.70. The third kappa shape index (κ3) is 4.71. The fourth-order valence-corrected chi connectivity index (χ4v) is 4.83. The maximum Gasteiger partial charge on any atom is 0.274 e. The maximum absolute atomic E-state index is 13.2. The summed E-state index contributed by atoms with van der Waals surface area (Å²) in [5.74, 6) is 0.576. The van der Waals surface area contributed by atoms with Gasteiger partial charge in [-0.25, -0.2) is 0 Å². The third-order valence-corrected chi connectivity index (χ3v) is 6.85. The van der Waals surface area contributed by atoms with E-state index in [4.69, 9.17) is 16.3 Å². The molecule has 0 unspecified atom stereocenters. The molecular formula is C26H28ClN5O3. The van der Waals surface area contributed by atoms with E-state index in [0.717, 1.165) is 17.0 Å². The summed E-state index contributed by atoms with van der Waals surface area (Å²) in [6.07, 6.45) is 0. The average molecular weight is 494 g/mol. The molecule has 1 saturated heterocycles. The molecule has 0 radical (unpaired) electrons. The minimum Gasteiger partial charge on any atom is -0.492 e. The molecule has 0 bridgehead atoms. The minimum absolute atomic E-state index is 0.139. The van der Waals surface area contributed by atoms with Gasteiger partial charge in [-0.05, 0) is 30.7 Å². The highest BCUT2D eigenvalue weighted by molar-refractivity contribution is 6.31. The number of aromatic nitrogens is 2. The average Bonchev–Trinajstić information content (AvgIpc) is 3.33. The predicted octanol–water partition coefficient (Wildman–Crippen LogP) is 3.55.